The molecule has 4 aromatic rings. The molecule has 1 heterocycles. The molecule has 4 N–H and O–H groups in total. The molecule has 230 valence electrons. The first-order chi connectivity index (χ1) is 20.0. The van der Waals surface area contributed by atoms with E-state index in [1.54, 1.807) is 0 Å². The molecular formula is C30H32BrF2NO6P2S. The first kappa shape index (κ1) is 33.9. The van der Waals surface area contributed by atoms with Gasteiger partial charge in [-0.3, -0.25) is 14.1 Å². The van der Waals surface area contributed by atoms with Crippen LogP contribution in [0.15, 0.2) is 71.2 Å². The minimum Gasteiger partial charge on any atom is -0.321 e. The Hall–Kier alpha value is -1.94. The highest BCUT2D eigenvalue weighted by atomic mass is 79.9. The molecule has 0 amide bonds. The van der Waals surface area contributed by atoms with Crippen LogP contribution < -0.4 is 5.30 Å². The molecule has 0 bridgehead atoms. The molecule has 13 heteroatoms. The van der Waals surface area contributed by atoms with E-state index in [0.29, 0.717) is 39.5 Å². The number of rotatable bonds is 11. The summed E-state index contributed by atoms with van der Waals surface area (Å²) in [7, 11) is -10.3. The van der Waals surface area contributed by atoms with Gasteiger partial charge in [0.05, 0.1) is 10.8 Å². The van der Waals surface area contributed by atoms with Crippen LogP contribution in [0.25, 0.3) is 22.0 Å². The van der Waals surface area contributed by atoms with Gasteiger partial charge in [-0.1, -0.05) is 79.2 Å². The van der Waals surface area contributed by atoms with Gasteiger partial charge in [0, 0.05) is 32.6 Å². The second kappa shape index (κ2) is 13.2. The van der Waals surface area contributed by atoms with Crippen LogP contribution in [0.5, 0.6) is 0 Å². The van der Waals surface area contributed by atoms with Crippen LogP contribution in [-0.2, 0) is 26.3 Å². The van der Waals surface area contributed by atoms with Crippen LogP contribution >= 0.6 is 42.9 Å². The molecular weight excluding hydrogens is 682 g/mol. The van der Waals surface area contributed by atoms with Crippen molar-refractivity contribution in [1.82, 2.24) is 4.98 Å². The number of thioether (sulfide) groups is 1. The van der Waals surface area contributed by atoms with Crippen LogP contribution in [0.3, 0.4) is 0 Å². The molecule has 0 saturated heterocycles. The van der Waals surface area contributed by atoms with Crippen molar-refractivity contribution in [3.8, 4) is 11.1 Å². The highest BCUT2D eigenvalue weighted by molar-refractivity contribution is 9.10. The lowest BCUT2D eigenvalue weighted by Crippen LogP contribution is -2.14. The van der Waals surface area contributed by atoms with E-state index < -0.39 is 26.4 Å². The molecule has 1 unspecified atom stereocenters. The number of nitrogens with zero attached hydrogens (tertiary/aromatic N) is 1. The fraction of sp³-hybridized carbons (Fsp3) is 0.300. The molecule has 0 radical (unpaired) electrons. The molecule has 0 aliphatic rings. The summed E-state index contributed by atoms with van der Waals surface area (Å²) >= 11 is 4.54. The van der Waals surface area contributed by atoms with E-state index in [9.17, 15) is 27.7 Å². The Morgan fingerprint density at radius 3 is 2.07 bits per heavy atom. The van der Waals surface area contributed by atoms with Gasteiger partial charge in [-0.15, -0.1) is 0 Å². The summed E-state index contributed by atoms with van der Waals surface area (Å²) in [5.74, 6) is 1.69. The van der Waals surface area contributed by atoms with Gasteiger partial charge in [-0.2, -0.15) is 20.5 Å². The van der Waals surface area contributed by atoms with Gasteiger partial charge in [0.1, 0.15) is 0 Å². The summed E-state index contributed by atoms with van der Waals surface area (Å²) in [6.45, 7) is 6.31. The Labute approximate surface area is 261 Å². The van der Waals surface area contributed by atoms with Crippen molar-refractivity contribution in [2.45, 2.75) is 50.3 Å². The molecule has 1 aromatic heterocycles. The first-order valence-electron chi connectivity index (χ1n) is 13.4. The quantitative estimate of drug-likeness (QED) is 0.114. The SMILES string of the molecule is CC(C)CC(C)c1ccc2cc(-c3ccc(CSCc4ccc(C(F)(F)P(=O)(O)O)c(Br)c4)cc3)cc(P(=O)(O)O)c2n1. The molecule has 4 rings (SSSR count). The first-order valence-corrected chi connectivity index (χ1v) is 18.5. The van der Waals surface area contributed by atoms with Crippen LogP contribution in [0.2, 0.25) is 0 Å². The highest BCUT2D eigenvalue weighted by Crippen LogP contribution is 2.60. The molecule has 0 spiro atoms. The normalized spacial score (nSPS) is 13.6. The van der Waals surface area contributed by atoms with Gasteiger partial charge in [0.2, 0.25) is 0 Å². The number of fused-ring (bicyclic) bond motifs is 1. The van der Waals surface area contributed by atoms with Crippen molar-refractivity contribution in [1.29, 1.82) is 0 Å². The summed E-state index contributed by atoms with van der Waals surface area (Å²) in [5, 5.41) is 0.542. The molecule has 0 saturated carbocycles. The predicted molar refractivity (Wildman–Crippen MR) is 172 cm³/mol. The summed E-state index contributed by atoms with van der Waals surface area (Å²) < 4.78 is 51.8. The van der Waals surface area contributed by atoms with E-state index in [4.69, 9.17) is 9.79 Å². The lowest BCUT2D eigenvalue weighted by molar-refractivity contribution is 0.0557. The lowest BCUT2D eigenvalue weighted by atomic mass is 9.95. The molecule has 3 aromatic carbocycles. The number of alkyl halides is 2. The predicted octanol–water partition coefficient (Wildman–Crippen LogP) is 8.28. The second-order valence-corrected chi connectivity index (χ2v) is 16.0. The van der Waals surface area contributed by atoms with Gasteiger partial charge in [-0.25, -0.2) is 0 Å². The Morgan fingerprint density at radius 1 is 0.860 bits per heavy atom. The van der Waals surface area contributed by atoms with Gasteiger partial charge in [0.25, 0.3) is 0 Å². The van der Waals surface area contributed by atoms with Gasteiger partial charge < -0.3 is 19.6 Å². The third-order valence-corrected chi connectivity index (χ3v) is 10.7. The smallest absolute Gasteiger partial charge is 0.321 e. The lowest BCUT2D eigenvalue weighted by Gasteiger charge is -2.19. The van der Waals surface area contributed by atoms with Gasteiger partial charge >= 0.3 is 20.9 Å². The zero-order valence-electron chi connectivity index (χ0n) is 23.6. The average Bonchev–Trinajstić information content (AvgIpc) is 2.91. The fourth-order valence-electron chi connectivity index (χ4n) is 4.85. The maximum atomic E-state index is 14.1. The van der Waals surface area contributed by atoms with Crippen LogP contribution in [-0.4, -0.2) is 24.6 Å². The van der Waals surface area contributed by atoms with E-state index >= 15 is 0 Å². The summed E-state index contributed by atoms with van der Waals surface area (Å²) in [6, 6.07) is 18.6. The van der Waals surface area contributed by atoms with E-state index in [2.05, 4.69) is 41.7 Å². The minimum atomic E-state index is -5.66. The van der Waals surface area contributed by atoms with Crippen molar-refractivity contribution in [2.24, 2.45) is 5.92 Å². The molecule has 0 fully saturated rings. The number of aromatic nitrogens is 1. The monoisotopic (exact) mass is 713 g/mol. The largest absolute Gasteiger partial charge is 0.399 e. The van der Waals surface area contributed by atoms with Crippen LogP contribution in [0.1, 0.15) is 55.5 Å². The second-order valence-electron chi connectivity index (χ2n) is 11.0. The number of hydrogen-bond donors (Lipinski definition) is 4. The third kappa shape index (κ3) is 8.02. The van der Waals surface area contributed by atoms with E-state index in [0.717, 1.165) is 29.3 Å². The standard InChI is InChI=1S/C30H32BrF2NO6P2S/c1-18(2)12-19(3)27-11-9-23-14-24(15-28(29(23)34-27)41(35,36)37)22-7-4-20(5-8-22)16-43-17-21-6-10-25(26(31)13-21)30(32,33)42(38,39)40/h4-11,13-15,18-19H,12,16-17H2,1-3H3,(H2,35,36,37)(H2,38,39,40). The molecule has 0 aliphatic carbocycles. The zero-order valence-corrected chi connectivity index (χ0v) is 27.8. The topological polar surface area (TPSA) is 128 Å². The Bertz CT molecular complexity index is 1730. The average molecular weight is 715 g/mol. The highest BCUT2D eigenvalue weighted by Gasteiger charge is 2.51. The number of benzene rings is 3. The molecule has 1 atom stereocenters. The number of pyridine rings is 1. The van der Waals surface area contributed by atoms with Gasteiger partial charge in [-0.05, 0) is 64.8 Å². The van der Waals surface area contributed by atoms with Crippen molar-refractivity contribution in [2.75, 3.05) is 0 Å². The van der Waals surface area contributed by atoms with E-state index in [-0.39, 0.29) is 15.7 Å². The third-order valence-electron chi connectivity index (χ3n) is 6.99. The zero-order chi connectivity index (χ0) is 31.7. The van der Waals surface area contributed by atoms with Crippen LogP contribution in [0, 0.1) is 5.92 Å². The van der Waals surface area contributed by atoms with E-state index in [1.165, 1.54) is 30.0 Å². The Kier molecular flexibility index (Phi) is 10.4. The number of halogens is 3. The number of hydrogen-bond acceptors (Lipinski definition) is 4. The van der Waals surface area contributed by atoms with Crippen molar-refractivity contribution < 1.29 is 37.5 Å². The summed E-state index contributed by atoms with van der Waals surface area (Å²) in [4.78, 5) is 43.0. The Morgan fingerprint density at radius 2 is 1.49 bits per heavy atom. The van der Waals surface area contributed by atoms with E-state index in [1.807, 2.05) is 42.5 Å². The summed E-state index contributed by atoms with van der Waals surface area (Å²) in [6.07, 6.45) is 0.911. The summed E-state index contributed by atoms with van der Waals surface area (Å²) in [5.41, 5.74) is -0.815. The van der Waals surface area contributed by atoms with Crippen molar-refractivity contribution in [3.63, 3.8) is 0 Å². The molecule has 43 heavy (non-hydrogen) atoms. The fourth-order valence-corrected chi connectivity index (χ4v) is 7.90. The van der Waals surface area contributed by atoms with Crippen molar-refractivity contribution >= 4 is 59.1 Å². The maximum absolute atomic E-state index is 14.1. The Balaban J connectivity index is 1.50. The van der Waals surface area contributed by atoms with Crippen LogP contribution in [0.4, 0.5) is 8.78 Å². The minimum absolute atomic E-state index is 0.0789. The molecule has 7 nitrogen and oxygen atoms in total. The molecule has 0 aliphatic heterocycles. The maximum Gasteiger partial charge on any atom is 0.399 e. The van der Waals surface area contributed by atoms with Gasteiger partial charge in [0.15, 0.2) is 0 Å². The van der Waals surface area contributed by atoms with Crippen molar-refractivity contribution in [3.05, 3.63) is 93.6 Å².